The molecule has 1 N–H and O–H groups in total. The standard InChI is InChI=1S/C12H12F3NO2S/c13-12(14,15)8-7-9-1-3-10(4-2-9)16-19(17,18)11-5-6-11/h1-4,7-8,11,16H,5-6H2/b8-7+. The summed E-state index contributed by atoms with van der Waals surface area (Å²) in [7, 11) is -3.34. The van der Waals surface area contributed by atoms with E-state index in [9.17, 15) is 21.6 Å². The normalized spacial score (nSPS) is 16.8. The zero-order chi connectivity index (χ0) is 14.1. The Morgan fingerprint density at radius 3 is 2.21 bits per heavy atom. The number of alkyl halides is 3. The molecular formula is C12H12F3NO2S. The largest absolute Gasteiger partial charge is 0.409 e. The Morgan fingerprint density at radius 2 is 1.74 bits per heavy atom. The van der Waals surface area contributed by atoms with Crippen LogP contribution in [0.15, 0.2) is 30.3 Å². The molecule has 0 unspecified atom stereocenters. The number of hydrogen-bond donors (Lipinski definition) is 1. The monoisotopic (exact) mass is 291 g/mol. The molecule has 1 fully saturated rings. The second-order valence-corrected chi connectivity index (χ2v) is 6.30. The maximum atomic E-state index is 12.0. The van der Waals surface area contributed by atoms with Gasteiger partial charge in [-0.1, -0.05) is 18.2 Å². The Balaban J connectivity index is 2.04. The van der Waals surface area contributed by atoms with Crippen molar-refractivity contribution >= 4 is 21.8 Å². The number of rotatable bonds is 4. The summed E-state index contributed by atoms with van der Waals surface area (Å²) < 4.78 is 61.5. The Labute approximate surface area is 109 Å². The molecule has 3 nitrogen and oxygen atoms in total. The van der Waals surface area contributed by atoms with Crippen molar-refractivity contribution in [3.63, 3.8) is 0 Å². The number of hydrogen-bond acceptors (Lipinski definition) is 2. The molecule has 0 heterocycles. The molecule has 0 atom stereocenters. The summed E-state index contributed by atoms with van der Waals surface area (Å²) >= 11 is 0. The molecule has 1 saturated carbocycles. The van der Waals surface area contributed by atoms with Gasteiger partial charge < -0.3 is 0 Å². The number of sulfonamides is 1. The van der Waals surface area contributed by atoms with Crippen molar-refractivity contribution in [2.24, 2.45) is 0 Å². The Morgan fingerprint density at radius 1 is 1.16 bits per heavy atom. The van der Waals surface area contributed by atoms with Gasteiger partial charge in [0.1, 0.15) is 0 Å². The molecule has 0 spiro atoms. The van der Waals surface area contributed by atoms with Gasteiger partial charge in [0, 0.05) is 11.8 Å². The lowest BCUT2D eigenvalue weighted by Crippen LogP contribution is -2.17. The Bertz CT molecular complexity index is 572. The van der Waals surface area contributed by atoms with Gasteiger partial charge in [0.15, 0.2) is 0 Å². The third-order valence-electron chi connectivity index (χ3n) is 2.60. The van der Waals surface area contributed by atoms with E-state index in [2.05, 4.69) is 4.72 Å². The highest BCUT2D eigenvalue weighted by molar-refractivity contribution is 7.93. The molecule has 0 radical (unpaired) electrons. The van der Waals surface area contributed by atoms with Crippen molar-refractivity contribution in [3.05, 3.63) is 35.9 Å². The average Bonchev–Trinajstić information content (AvgIpc) is 3.10. The minimum atomic E-state index is -4.35. The number of allylic oxidation sites excluding steroid dienone is 1. The number of benzene rings is 1. The van der Waals surface area contributed by atoms with Crippen LogP contribution in [-0.2, 0) is 10.0 Å². The van der Waals surface area contributed by atoms with Gasteiger partial charge in [0.25, 0.3) is 0 Å². The SMILES string of the molecule is O=S(=O)(Nc1ccc(/C=C/C(F)(F)F)cc1)C1CC1. The van der Waals surface area contributed by atoms with Crippen molar-refractivity contribution in [1.29, 1.82) is 0 Å². The summed E-state index contributed by atoms with van der Waals surface area (Å²) in [5.74, 6) is 0. The quantitative estimate of drug-likeness (QED) is 0.926. The number of halogens is 3. The van der Waals surface area contributed by atoms with Crippen LogP contribution in [0, 0.1) is 0 Å². The fourth-order valence-electron chi connectivity index (χ4n) is 1.48. The van der Waals surface area contributed by atoms with Crippen molar-refractivity contribution in [1.82, 2.24) is 0 Å². The van der Waals surface area contributed by atoms with Crippen LogP contribution in [-0.4, -0.2) is 19.8 Å². The fraction of sp³-hybridized carbons (Fsp3) is 0.333. The second-order valence-electron chi connectivity index (χ2n) is 4.34. The van der Waals surface area contributed by atoms with Crippen molar-refractivity contribution in [2.75, 3.05) is 4.72 Å². The minimum Gasteiger partial charge on any atom is -0.283 e. The molecule has 19 heavy (non-hydrogen) atoms. The molecular weight excluding hydrogens is 279 g/mol. The first-order valence-electron chi connectivity index (χ1n) is 5.64. The van der Waals surface area contributed by atoms with Gasteiger partial charge in [-0.25, -0.2) is 8.42 Å². The molecule has 1 aliphatic carbocycles. The van der Waals surface area contributed by atoms with Gasteiger partial charge in [-0.3, -0.25) is 4.72 Å². The highest BCUT2D eigenvalue weighted by Gasteiger charge is 2.35. The van der Waals surface area contributed by atoms with Crippen molar-refractivity contribution in [3.8, 4) is 0 Å². The smallest absolute Gasteiger partial charge is 0.283 e. The molecule has 7 heteroatoms. The Hall–Kier alpha value is -1.50. The molecule has 0 aliphatic heterocycles. The summed E-state index contributed by atoms with van der Waals surface area (Å²) in [6, 6.07) is 5.73. The predicted molar refractivity (Wildman–Crippen MR) is 67.1 cm³/mol. The van der Waals surface area contributed by atoms with Crippen LogP contribution in [0.5, 0.6) is 0 Å². The molecule has 0 amide bonds. The number of nitrogens with one attached hydrogen (secondary N) is 1. The number of anilines is 1. The fourth-order valence-corrected chi connectivity index (χ4v) is 2.87. The molecule has 0 aromatic heterocycles. The first-order chi connectivity index (χ1) is 8.76. The van der Waals surface area contributed by atoms with Crippen LogP contribution < -0.4 is 4.72 Å². The van der Waals surface area contributed by atoms with Gasteiger partial charge in [-0.15, -0.1) is 0 Å². The molecule has 0 saturated heterocycles. The van der Waals surface area contributed by atoms with E-state index < -0.39 is 16.2 Å². The molecule has 1 aliphatic rings. The third-order valence-corrected chi connectivity index (χ3v) is 4.47. The van der Waals surface area contributed by atoms with Crippen LogP contribution in [0.4, 0.5) is 18.9 Å². The Kier molecular flexibility index (Phi) is 3.58. The van der Waals surface area contributed by atoms with Crippen LogP contribution in [0.3, 0.4) is 0 Å². The van der Waals surface area contributed by atoms with Gasteiger partial charge in [-0.05, 0) is 30.5 Å². The maximum absolute atomic E-state index is 12.0. The summed E-state index contributed by atoms with van der Waals surface area (Å²) in [6.45, 7) is 0. The van der Waals surface area contributed by atoms with E-state index in [4.69, 9.17) is 0 Å². The molecule has 104 valence electrons. The van der Waals surface area contributed by atoms with Crippen LogP contribution in [0.2, 0.25) is 0 Å². The van der Waals surface area contributed by atoms with Crippen LogP contribution in [0.25, 0.3) is 6.08 Å². The van der Waals surface area contributed by atoms with E-state index in [0.717, 1.165) is 6.08 Å². The maximum Gasteiger partial charge on any atom is 0.409 e. The topological polar surface area (TPSA) is 46.2 Å². The summed E-state index contributed by atoms with van der Waals surface area (Å²) in [5.41, 5.74) is 0.711. The first kappa shape index (κ1) is 13.9. The van der Waals surface area contributed by atoms with E-state index in [0.29, 0.717) is 24.1 Å². The van der Waals surface area contributed by atoms with E-state index >= 15 is 0 Å². The van der Waals surface area contributed by atoms with Gasteiger partial charge in [0.05, 0.1) is 5.25 Å². The van der Waals surface area contributed by atoms with E-state index in [-0.39, 0.29) is 11.3 Å². The van der Waals surface area contributed by atoms with E-state index in [1.54, 1.807) is 0 Å². The van der Waals surface area contributed by atoms with E-state index in [1.807, 2.05) is 0 Å². The van der Waals surface area contributed by atoms with Crippen LogP contribution in [0.1, 0.15) is 18.4 Å². The summed E-state index contributed by atoms with van der Waals surface area (Å²) in [4.78, 5) is 0. The van der Waals surface area contributed by atoms with Gasteiger partial charge in [-0.2, -0.15) is 13.2 Å². The lowest BCUT2D eigenvalue weighted by Gasteiger charge is -2.06. The molecule has 0 bridgehead atoms. The molecule has 2 rings (SSSR count). The lowest BCUT2D eigenvalue weighted by atomic mass is 10.2. The van der Waals surface area contributed by atoms with E-state index in [1.165, 1.54) is 24.3 Å². The predicted octanol–water partition coefficient (Wildman–Crippen LogP) is 3.17. The highest BCUT2D eigenvalue weighted by Crippen LogP contribution is 2.29. The minimum absolute atomic E-state index is 0.135. The van der Waals surface area contributed by atoms with Crippen LogP contribution >= 0.6 is 0 Å². The summed E-state index contributed by atoms with van der Waals surface area (Å²) in [6.07, 6.45) is -1.98. The van der Waals surface area contributed by atoms with Gasteiger partial charge >= 0.3 is 6.18 Å². The molecule has 1 aromatic carbocycles. The summed E-state index contributed by atoms with van der Waals surface area (Å²) in [5, 5.41) is -0.336. The third kappa shape index (κ3) is 4.27. The average molecular weight is 291 g/mol. The van der Waals surface area contributed by atoms with Crippen molar-refractivity contribution < 1.29 is 21.6 Å². The zero-order valence-corrected chi connectivity index (χ0v) is 10.6. The zero-order valence-electron chi connectivity index (χ0n) is 9.81. The van der Waals surface area contributed by atoms with Crippen molar-refractivity contribution in [2.45, 2.75) is 24.3 Å². The van der Waals surface area contributed by atoms with Gasteiger partial charge in [0.2, 0.25) is 10.0 Å². The lowest BCUT2D eigenvalue weighted by molar-refractivity contribution is -0.0790. The second kappa shape index (κ2) is 4.88. The molecule has 1 aromatic rings. The highest BCUT2D eigenvalue weighted by atomic mass is 32.2. The first-order valence-corrected chi connectivity index (χ1v) is 7.18.